The van der Waals surface area contributed by atoms with Gasteiger partial charge in [-0.25, -0.2) is 0 Å². The molecule has 0 spiro atoms. The Morgan fingerprint density at radius 2 is 1.86 bits per heavy atom. The van der Waals surface area contributed by atoms with Crippen molar-refractivity contribution in [2.75, 3.05) is 37.6 Å². The molecular weight excluding hydrogens is 260 g/mol. The van der Waals surface area contributed by atoms with Crippen LogP contribution in [0.5, 0.6) is 0 Å². The summed E-state index contributed by atoms with van der Waals surface area (Å²) >= 11 is 0. The zero-order valence-corrected chi connectivity index (χ0v) is 13.1. The Hall–Kier alpha value is -1.35. The number of nitrogens with zero attached hydrogens (tertiary/aromatic N) is 2. The normalized spacial score (nSPS) is 20.9. The van der Waals surface area contributed by atoms with E-state index < -0.39 is 0 Å². The van der Waals surface area contributed by atoms with Gasteiger partial charge in [0.05, 0.1) is 6.54 Å². The van der Waals surface area contributed by atoms with Crippen molar-refractivity contribution in [2.24, 2.45) is 5.92 Å². The summed E-state index contributed by atoms with van der Waals surface area (Å²) in [5.74, 6) is 0.844. The largest absolute Gasteiger partial charge is 0.369 e. The molecule has 3 nitrogen and oxygen atoms in total. The molecule has 1 saturated carbocycles. The quantitative estimate of drug-likeness (QED) is 0.850. The lowest BCUT2D eigenvalue weighted by atomic mass is 10.0. The van der Waals surface area contributed by atoms with Crippen LogP contribution < -0.4 is 4.90 Å². The fourth-order valence-corrected chi connectivity index (χ4v) is 3.59. The fraction of sp³-hybridized carbons (Fsp3) is 0.611. The van der Waals surface area contributed by atoms with E-state index in [9.17, 15) is 4.79 Å². The number of aryl methyl sites for hydroxylation is 1. The van der Waals surface area contributed by atoms with Crippen LogP contribution in [0.3, 0.4) is 0 Å². The third-order valence-electron chi connectivity index (χ3n) is 4.93. The van der Waals surface area contributed by atoms with Crippen molar-refractivity contribution in [1.82, 2.24) is 4.90 Å². The van der Waals surface area contributed by atoms with Gasteiger partial charge in [-0.3, -0.25) is 9.69 Å². The number of carbonyl (C=O) groups excluding carboxylic acids is 1. The first kappa shape index (κ1) is 14.6. The second-order valence-corrected chi connectivity index (χ2v) is 6.55. The summed E-state index contributed by atoms with van der Waals surface area (Å²) in [6.45, 7) is 6.88. The molecule has 3 rings (SSSR count). The number of benzene rings is 1. The number of piperazine rings is 1. The molecule has 1 saturated heterocycles. The van der Waals surface area contributed by atoms with Crippen molar-refractivity contribution >= 4 is 11.5 Å². The van der Waals surface area contributed by atoms with Crippen LogP contribution in [0.1, 0.15) is 31.2 Å². The van der Waals surface area contributed by atoms with Crippen molar-refractivity contribution in [3.63, 3.8) is 0 Å². The Bertz CT molecular complexity index is 486. The summed E-state index contributed by atoms with van der Waals surface area (Å²) in [5, 5.41) is 0. The molecular formula is C18H26N2O. The van der Waals surface area contributed by atoms with Gasteiger partial charge in [0.2, 0.25) is 0 Å². The Balaban J connectivity index is 1.49. The van der Waals surface area contributed by atoms with Gasteiger partial charge in [-0.05, 0) is 37.5 Å². The number of carbonyl (C=O) groups is 1. The molecule has 3 heteroatoms. The molecule has 1 aliphatic heterocycles. The number of hydrogen-bond acceptors (Lipinski definition) is 3. The van der Waals surface area contributed by atoms with E-state index in [0.29, 0.717) is 18.2 Å². The van der Waals surface area contributed by atoms with E-state index in [1.807, 2.05) is 0 Å². The van der Waals surface area contributed by atoms with Gasteiger partial charge in [-0.1, -0.05) is 25.0 Å². The maximum atomic E-state index is 12.3. The molecule has 0 N–H and O–H groups in total. The molecule has 114 valence electrons. The topological polar surface area (TPSA) is 23.6 Å². The SMILES string of the molecule is Cc1cccc(N2CCN(CC(=O)C3CCCC3)CC2)c1. The van der Waals surface area contributed by atoms with Gasteiger partial charge in [-0.2, -0.15) is 0 Å². The molecule has 21 heavy (non-hydrogen) atoms. The van der Waals surface area contributed by atoms with Gasteiger partial charge in [0, 0.05) is 37.8 Å². The van der Waals surface area contributed by atoms with E-state index >= 15 is 0 Å². The Morgan fingerprint density at radius 1 is 1.14 bits per heavy atom. The Morgan fingerprint density at radius 3 is 2.52 bits per heavy atom. The average Bonchev–Trinajstić information content (AvgIpc) is 3.02. The highest BCUT2D eigenvalue weighted by molar-refractivity contribution is 5.83. The van der Waals surface area contributed by atoms with Crippen molar-refractivity contribution < 1.29 is 4.79 Å². The van der Waals surface area contributed by atoms with Crippen LogP contribution in [-0.2, 0) is 4.79 Å². The number of rotatable bonds is 4. The maximum absolute atomic E-state index is 12.3. The van der Waals surface area contributed by atoms with Crippen LogP contribution in [-0.4, -0.2) is 43.4 Å². The molecule has 1 heterocycles. The standard InChI is InChI=1S/C18H26N2O/c1-15-5-4-8-17(13-15)20-11-9-19(10-12-20)14-18(21)16-6-2-3-7-16/h4-5,8,13,16H,2-3,6-7,9-12,14H2,1H3. The van der Waals surface area contributed by atoms with Crippen LogP contribution in [0.15, 0.2) is 24.3 Å². The highest BCUT2D eigenvalue weighted by Crippen LogP contribution is 2.26. The molecule has 0 radical (unpaired) electrons. The lowest BCUT2D eigenvalue weighted by Crippen LogP contribution is -2.48. The number of Topliss-reactive ketones (excluding diaryl/α,β-unsaturated/α-hetero) is 1. The monoisotopic (exact) mass is 286 g/mol. The highest BCUT2D eigenvalue weighted by atomic mass is 16.1. The third kappa shape index (κ3) is 3.65. The van der Waals surface area contributed by atoms with Crippen LogP contribution in [0, 0.1) is 12.8 Å². The molecule has 0 bridgehead atoms. The highest BCUT2D eigenvalue weighted by Gasteiger charge is 2.25. The lowest BCUT2D eigenvalue weighted by Gasteiger charge is -2.36. The Kier molecular flexibility index (Phi) is 4.59. The number of hydrogen-bond donors (Lipinski definition) is 0. The molecule has 2 fully saturated rings. The molecule has 0 unspecified atom stereocenters. The second kappa shape index (κ2) is 6.61. The zero-order valence-electron chi connectivity index (χ0n) is 13.1. The van der Waals surface area contributed by atoms with Crippen LogP contribution in [0.2, 0.25) is 0 Å². The van der Waals surface area contributed by atoms with Crippen molar-refractivity contribution in [3.8, 4) is 0 Å². The summed E-state index contributed by atoms with van der Waals surface area (Å²) in [6.07, 6.45) is 4.75. The summed E-state index contributed by atoms with van der Waals surface area (Å²) in [5.41, 5.74) is 2.63. The van der Waals surface area contributed by atoms with Crippen molar-refractivity contribution in [2.45, 2.75) is 32.6 Å². The van der Waals surface area contributed by atoms with Gasteiger partial charge >= 0.3 is 0 Å². The van der Waals surface area contributed by atoms with Gasteiger partial charge in [0.1, 0.15) is 5.78 Å². The minimum atomic E-state index is 0.361. The summed E-state index contributed by atoms with van der Waals surface area (Å²) in [6, 6.07) is 8.70. The minimum absolute atomic E-state index is 0.361. The fourth-order valence-electron chi connectivity index (χ4n) is 3.59. The predicted octanol–water partition coefficient (Wildman–Crippen LogP) is 2.88. The average molecular weight is 286 g/mol. The van der Waals surface area contributed by atoms with Gasteiger partial charge < -0.3 is 4.90 Å². The third-order valence-corrected chi connectivity index (χ3v) is 4.93. The zero-order chi connectivity index (χ0) is 14.7. The van der Waals surface area contributed by atoms with Gasteiger partial charge in [0.15, 0.2) is 0 Å². The Labute approximate surface area is 127 Å². The molecule has 0 atom stereocenters. The molecule has 2 aliphatic rings. The smallest absolute Gasteiger partial charge is 0.149 e. The van der Waals surface area contributed by atoms with Gasteiger partial charge in [-0.15, -0.1) is 0 Å². The summed E-state index contributed by atoms with van der Waals surface area (Å²) in [4.78, 5) is 17.0. The minimum Gasteiger partial charge on any atom is -0.369 e. The van der Waals surface area contributed by atoms with Crippen LogP contribution in [0.4, 0.5) is 5.69 Å². The molecule has 1 aromatic carbocycles. The van der Waals surface area contributed by atoms with E-state index in [1.165, 1.54) is 24.1 Å². The molecule has 0 amide bonds. The van der Waals surface area contributed by atoms with E-state index in [-0.39, 0.29) is 0 Å². The van der Waals surface area contributed by atoms with Crippen molar-refractivity contribution in [1.29, 1.82) is 0 Å². The predicted molar refractivity (Wildman–Crippen MR) is 86.8 cm³/mol. The summed E-state index contributed by atoms with van der Waals surface area (Å²) < 4.78 is 0. The van der Waals surface area contributed by atoms with E-state index in [2.05, 4.69) is 41.0 Å². The van der Waals surface area contributed by atoms with E-state index in [0.717, 1.165) is 39.0 Å². The van der Waals surface area contributed by atoms with E-state index in [4.69, 9.17) is 0 Å². The van der Waals surface area contributed by atoms with E-state index in [1.54, 1.807) is 0 Å². The van der Waals surface area contributed by atoms with Crippen LogP contribution in [0.25, 0.3) is 0 Å². The van der Waals surface area contributed by atoms with Crippen LogP contribution >= 0.6 is 0 Å². The molecule has 0 aromatic heterocycles. The first-order chi connectivity index (χ1) is 10.2. The van der Waals surface area contributed by atoms with Crippen molar-refractivity contribution in [3.05, 3.63) is 29.8 Å². The summed E-state index contributed by atoms with van der Waals surface area (Å²) in [7, 11) is 0. The number of ketones is 1. The van der Waals surface area contributed by atoms with Gasteiger partial charge in [0.25, 0.3) is 0 Å². The lowest BCUT2D eigenvalue weighted by molar-refractivity contribution is -0.123. The molecule has 1 aliphatic carbocycles. The first-order valence-electron chi connectivity index (χ1n) is 8.29. The molecule has 1 aromatic rings. The first-order valence-corrected chi connectivity index (χ1v) is 8.29. The second-order valence-electron chi connectivity index (χ2n) is 6.55. The maximum Gasteiger partial charge on any atom is 0.149 e. The number of anilines is 1.